The van der Waals surface area contributed by atoms with Gasteiger partial charge in [0.25, 0.3) is 0 Å². The molecule has 0 N–H and O–H groups in total. The summed E-state index contributed by atoms with van der Waals surface area (Å²) < 4.78 is 81.7. The Labute approximate surface area is 180 Å². The van der Waals surface area contributed by atoms with E-state index in [1.807, 2.05) is 0 Å². The van der Waals surface area contributed by atoms with Crippen LogP contribution in [0.2, 0.25) is 0 Å². The smallest absolute Gasteiger partial charge is 0.456 e. The molecule has 0 saturated heterocycles. The molecule has 0 unspecified atom stereocenters. The summed E-state index contributed by atoms with van der Waals surface area (Å²) >= 11 is 0. The third-order valence-electron chi connectivity index (χ3n) is 2.58. The number of ether oxygens (including phenoxy) is 1. The van der Waals surface area contributed by atoms with E-state index in [-0.39, 0.29) is 51.4 Å². The standard InChI is InChI=1S/C12H14BF4O5S.K/c1-7-9(13(14,15)16)5-8(11(18)21-12(2,3)4)6-10(7)22-23(17,19)20;/h5-6H,1-4H3;/q-1;+1. The molecular weight excluding hydrogens is 382 g/mol. The van der Waals surface area contributed by atoms with Gasteiger partial charge < -0.3 is 21.9 Å². The Balaban J connectivity index is 0.00000529. The predicted octanol–water partition coefficient (Wildman–Crippen LogP) is -0.398. The SMILES string of the molecule is Cc1c(OS(=O)(=O)F)cc(C(=O)OC(C)(C)C)cc1[B-](F)(F)F.[K+]. The minimum absolute atomic E-state index is 0. The van der Waals surface area contributed by atoms with Crippen LogP contribution in [-0.2, 0) is 15.2 Å². The average molecular weight is 396 g/mol. The van der Waals surface area contributed by atoms with Crippen molar-refractivity contribution >= 4 is 28.9 Å². The normalized spacial score (nSPS) is 12.3. The number of carbonyl (C=O) groups is 1. The maximum atomic E-state index is 13.1. The summed E-state index contributed by atoms with van der Waals surface area (Å²) in [7, 11) is -5.55. The van der Waals surface area contributed by atoms with E-state index in [9.17, 15) is 30.0 Å². The zero-order valence-electron chi connectivity index (χ0n) is 13.7. The van der Waals surface area contributed by atoms with E-state index < -0.39 is 51.4 Å². The van der Waals surface area contributed by atoms with Gasteiger partial charge in [0, 0.05) is 0 Å². The van der Waals surface area contributed by atoms with Gasteiger partial charge in [0.15, 0.2) is 0 Å². The van der Waals surface area contributed by atoms with E-state index in [2.05, 4.69) is 4.18 Å². The largest absolute Gasteiger partial charge is 1.00 e. The molecule has 1 aromatic rings. The third kappa shape index (κ3) is 7.40. The van der Waals surface area contributed by atoms with E-state index in [0.717, 1.165) is 6.92 Å². The number of benzene rings is 1. The monoisotopic (exact) mass is 396 g/mol. The van der Waals surface area contributed by atoms with Crippen LogP contribution in [0.15, 0.2) is 12.1 Å². The predicted molar refractivity (Wildman–Crippen MR) is 75.7 cm³/mol. The molecule has 0 aliphatic heterocycles. The fraction of sp³-hybridized carbons (Fsp3) is 0.417. The molecule has 1 rings (SSSR count). The first-order chi connectivity index (χ1) is 10.1. The van der Waals surface area contributed by atoms with Crippen molar-refractivity contribution in [3.8, 4) is 5.75 Å². The van der Waals surface area contributed by atoms with Gasteiger partial charge in [0.1, 0.15) is 11.4 Å². The number of hydrogen-bond acceptors (Lipinski definition) is 5. The van der Waals surface area contributed by atoms with Crippen LogP contribution in [0.3, 0.4) is 0 Å². The Hall–Kier alpha value is -0.139. The number of hydrogen-bond donors (Lipinski definition) is 0. The van der Waals surface area contributed by atoms with Crippen molar-refractivity contribution in [3.05, 3.63) is 23.3 Å². The Morgan fingerprint density at radius 2 is 1.67 bits per heavy atom. The zero-order chi connectivity index (χ0) is 18.2. The molecule has 0 aromatic heterocycles. The zero-order valence-corrected chi connectivity index (χ0v) is 17.6. The summed E-state index contributed by atoms with van der Waals surface area (Å²) in [5.41, 5.74) is -3.50. The minimum Gasteiger partial charge on any atom is -0.456 e. The molecule has 0 atom stereocenters. The molecule has 0 aliphatic carbocycles. The van der Waals surface area contributed by atoms with Crippen LogP contribution in [0.25, 0.3) is 0 Å². The molecule has 0 amide bonds. The second-order valence-corrected chi connectivity index (χ2v) is 6.69. The van der Waals surface area contributed by atoms with Gasteiger partial charge in [-0.25, -0.2) is 4.79 Å². The second kappa shape index (κ2) is 8.04. The Bertz CT molecular complexity index is 728. The van der Waals surface area contributed by atoms with Gasteiger partial charge in [0.05, 0.1) is 5.56 Å². The first-order valence-electron chi connectivity index (χ1n) is 6.32. The van der Waals surface area contributed by atoms with Crippen LogP contribution < -0.4 is 61.0 Å². The summed E-state index contributed by atoms with van der Waals surface area (Å²) in [6, 6.07) is 1.20. The van der Waals surface area contributed by atoms with Crippen molar-refractivity contribution in [1.82, 2.24) is 0 Å². The van der Waals surface area contributed by atoms with Gasteiger partial charge in [-0.15, -0.1) is 5.46 Å². The molecule has 1 aromatic carbocycles. The third-order valence-corrected chi connectivity index (χ3v) is 2.96. The topological polar surface area (TPSA) is 69.7 Å². The van der Waals surface area contributed by atoms with Gasteiger partial charge in [-0.05, 0) is 39.3 Å². The van der Waals surface area contributed by atoms with Crippen molar-refractivity contribution in [2.45, 2.75) is 33.3 Å². The fourth-order valence-corrected chi connectivity index (χ4v) is 2.09. The fourth-order valence-electron chi connectivity index (χ4n) is 1.70. The summed E-state index contributed by atoms with van der Waals surface area (Å²) in [5, 5.41) is 0. The van der Waals surface area contributed by atoms with E-state index in [4.69, 9.17) is 4.74 Å². The summed E-state index contributed by atoms with van der Waals surface area (Å²) in [4.78, 5) is 11.9. The Morgan fingerprint density at radius 3 is 2.04 bits per heavy atom. The number of esters is 1. The number of halogens is 4. The van der Waals surface area contributed by atoms with Crippen LogP contribution in [0, 0.1) is 6.92 Å². The maximum Gasteiger partial charge on any atom is 1.00 e. The Kier molecular flexibility index (Phi) is 7.99. The summed E-state index contributed by atoms with van der Waals surface area (Å²) in [6.45, 7) is -0.190. The van der Waals surface area contributed by atoms with E-state index in [0.29, 0.717) is 12.1 Å². The van der Waals surface area contributed by atoms with Crippen LogP contribution in [0.5, 0.6) is 5.75 Å². The minimum atomic E-state index is -5.59. The van der Waals surface area contributed by atoms with Crippen molar-refractivity contribution in [1.29, 1.82) is 0 Å². The first kappa shape index (κ1) is 23.9. The van der Waals surface area contributed by atoms with Crippen molar-refractivity contribution in [3.63, 3.8) is 0 Å². The average Bonchev–Trinajstić information content (AvgIpc) is 2.25. The van der Waals surface area contributed by atoms with Crippen molar-refractivity contribution < 1.29 is 90.3 Å². The van der Waals surface area contributed by atoms with Crippen LogP contribution in [0.1, 0.15) is 36.7 Å². The van der Waals surface area contributed by atoms with E-state index in [1.165, 1.54) is 20.8 Å². The number of carbonyl (C=O) groups excluding carboxylic acids is 1. The molecule has 0 radical (unpaired) electrons. The van der Waals surface area contributed by atoms with Gasteiger partial charge in [-0.2, -0.15) is 8.42 Å². The Morgan fingerprint density at radius 1 is 1.17 bits per heavy atom. The van der Waals surface area contributed by atoms with Gasteiger partial charge in [-0.3, -0.25) is 0 Å². The molecule has 24 heavy (non-hydrogen) atoms. The molecule has 0 spiro atoms. The molecule has 0 aliphatic rings. The van der Waals surface area contributed by atoms with Gasteiger partial charge in [-0.1, -0.05) is 9.95 Å². The van der Waals surface area contributed by atoms with Gasteiger partial charge in [0.2, 0.25) is 0 Å². The van der Waals surface area contributed by atoms with Crippen molar-refractivity contribution in [2.75, 3.05) is 0 Å². The maximum absolute atomic E-state index is 13.1. The number of rotatable bonds is 4. The first-order valence-corrected chi connectivity index (χ1v) is 7.63. The van der Waals surface area contributed by atoms with Crippen LogP contribution >= 0.6 is 0 Å². The van der Waals surface area contributed by atoms with Gasteiger partial charge >= 0.3 is 74.8 Å². The molecule has 0 heterocycles. The van der Waals surface area contributed by atoms with E-state index in [1.54, 1.807) is 0 Å². The van der Waals surface area contributed by atoms with Crippen molar-refractivity contribution in [2.24, 2.45) is 0 Å². The molecule has 130 valence electrons. The second-order valence-electron chi connectivity index (χ2n) is 5.74. The molecule has 12 heteroatoms. The summed E-state index contributed by atoms with van der Waals surface area (Å²) in [6.07, 6.45) is 0. The van der Waals surface area contributed by atoms with Crippen LogP contribution in [-0.4, -0.2) is 27.0 Å². The molecule has 5 nitrogen and oxygen atoms in total. The molecule has 0 bridgehead atoms. The molecular formula is C12H14BF4KO5S. The summed E-state index contributed by atoms with van der Waals surface area (Å²) in [5.74, 6) is -2.05. The van der Waals surface area contributed by atoms with Crippen LogP contribution in [0.4, 0.5) is 16.8 Å². The molecule has 0 saturated carbocycles. The molecule has 0 fully saturated rings. The van der Waals surface area contributed by atoms with E-state index >= 15 is 0 Å². The quantitative estimate of drug-likeness (QED) is 0.300.